The Morgan fingerprint density at radius 3 is 2.15 bits per heavy atom. The first-order valence-electron chi connectivity index (χ1n) is 6.46. The summed E-state index contributed by atoms with van der Waals surface area (Å²) < 4.78 is 13.5. The molecule has 0 saturated heterocycles. The molecule has 1 heterocycles. The predicted octanol–water partition coefficient (Wildman–Crippen LogP) is 4.54. The van der Waals surface area contributed by atoms with Crippen LogP contribution in [0.4, 0.5) is 4.39 Å². The van der Waals surface area contributed by atoms with Gasteiger partial charge < -0.3 is 4.98 Å². The standard InChI is InChI=1S/C17H19FN.Ir/c1-9-8-16(18)10(2)7-15(9)17-13(5)11(3)12(4)14(6)19-17;/h8H,1-6H3;/q-1;. The molecular weight excluding hydrogens is 429 g/mol. The van der Waals surface area contributed by atoms with Gasteiger partial charge in [0.1, 0.15) is 0 Å². The van der Waals surface area contributed by atoms with Crippen LogP contribution < -0.4 is 0 Å². The summed E-state index contributed by atoms with van der Waals surface area (Å²) in [6.45, 7) is 11.9. The number of hydrogen-bond acceptors (Lipinski definition) is 1. The summed E-state index contributed by atoms with van der Waals surface area (Å²) in [5.74, 6) is -0.209. The first-order chi connectivity index (χ1) is 8.82. The van der Waals surface area contributed by atoms with E-state index in [1.165, 1.54) is 11.1 Å². The van der Waals surface area contributed by atoms with Crippen LogP contribution in [-0.2, 0) is 20.1 Å². The molecule has 0 atom stereocenters. The first kappa shape index (κ1) is 17.0. The topological polar surface area (TPSA) is 12.9 Å². The number of aromatic nitrogens is 1. The van der Waals surface area contributed by atoms with Crippen molar-refractivity contribution in [3.05, 3.63) is 51.5 Å². The Kier molecular flexibility index (Phi) is 5.23. The molecule has 2 aromatic rings. The van der Waals surface area contributed by atoms with Crippen LogP contribution in [0, 0.1) is 53.4 Å². The van der Waals surface area contributed by atoms with Crippen molar-refractivity contribution in [3.63, 3.8) is 0 Å². The normalized spacial score (nSPS) is 10.3. The molecule has 3 heteroatoms. The van der Waals surface area contributed by atoms with Gasteiger partial charge >= 0.3 is 0 Å². The molecule has 1 radical (unpaired) electrons. The number of rotatable bonds is 1. The van der Waals surface area contributed by atoms with Gasteiger partial charge in [-0.1, -0.05) is 25.0 Å². The summed E-state index contributed by atoms with van der Waals surface area (Å²) in [5, 5.41) is 0. The van der Waals surface area contributed by atoms with Crippen LogP contribution >= 0.6 is 0 Å². The summed E-state index contributed by atoms with van der Waals surface area (Å²) in [5.41, 5.74) is 7.87. The van der Waals surface area contributed by atoms with Crippen molar-refractivity contribution in [2.24, 2.45) is 0 Å². The third-order valence-electron chi connectivity index (χ3n) is 3.95. The zero-order chi connectivity index (χ0) is 14.3. The van der Waals surface area contributed by atoms with Gasteiger partial charge in [0.05, 0.1) is 0 Å². The van der Waals surface area contributed by atoms with Gasteiger partial charge in [-0.2, -0.15) is 0 Å². The van der Waals surface area contributed by atoms with Crippen LogP contribution in [-0.4, -0.2) is 4.98 Å². The predicted molar refractivity (Wildman–Crippen MR) is 76.9 cm³/mol. The van der Waals surface area contributed by atoms with Gasteiger partial charge in [0.25, 0.3) is 0 Å². The van der Waals surface area contributed by atoms with E-state index in [4.69, 9.17) is 0 Å². The van der Waals surface area contributed by atoms with Crippen molar-refractivity contribution >= 4 is 0 Å². The van der Waals surface area contributed by atoms with E-state index >= 15 is 0 Å². The Labute approximate surface area is 134 Å². The molecule has 1 nitrogen and oxygen atoms in total. The molecule has 0 N–H and O–H groups in total. The molecule has 2 rings (SSSR count). The second-order valence-electron chi connectivity index (χ2n) is 5.22. The number of benzene rings is 1. The van der Waals surface area contributed by atoms with Gasteiger partial charge in [-0.05, 0) is 39.0 Å². The quantitative estimate of drug-likeness (QED) is 0.584. The van der Waals surface area contributed by atoms with Gasteiger partial charge in [0.2, 0.25) is 0 Å². The largest absolute Gasteiger partial charge is 0.301 e. The second kappa shape index (κ2) is 6.15. The van der Waals surface area contributed by atoms with Gasteiger partial charge in [-0.3, -0.25) is 4.39 Å². The minimum Gasteiger partial charge on any atom is -0.301 e. The fourth-order valence-electron chi connectivity index (χ4n) is 2.27. The number of halogens is 1. The molecule has 20 heavy (non-hydrogen) atoms. The van der Waals surface area contributed by atoms with Crippen molar-refractivity contribution in [1.29, 1.82) is 0 Å². The molecular formula is C17H19FIrN-. The molecule has 109 valence electrons. The fourth-order valence-corrected chi connectivity index (χ4v) is 2.27. The average molecular weight is 449 g/mol. The van der Waals surface area contributed by atoms with Crippen LogP contribution in [0.1, 0.15) is 33.5 Å². The molecule has 0 unspecified atom stereocenters. The number of hydrogen-bond donors (Lipinski definition) is 0. The summed E-state index contributed by atoms with van der Waals surface area (Å²) in [6, 6.07) is 4.70. The third kappa shape index (κ3) is 2.84. The molecule has 0 aliphatic carbocycles. The van der Waals surface area contributed by atoms with E-state index in [1.807, 2.05) is 13.8 Å². The zero-order valence-electron chi connectivity index (χ0n) is 12.7. The summed E-state index contributed by atoms with van der Waals surface area (Å²) in [7, 11) is 0. The van der Waals surface area contributed by atoms with Crippen LogP contribution in [0.3, 0.4) is 0 Å². The molecule has 0 bridgehead atoms. The zero-order valence-corrected chi connectivity index (χ0v) is 15.1. The van der Waals surface area contributed by atoms with Gasteiger partial charge in [0, 0.05) is 31.6 Å². The molecule has 0 fully saturated rings. The van der Waals surface area contributed by atoms with E-state index in [2.05, 4.69) is 31.8 Å². The number of pyridine rings is 1. The van der Waals surface area contributed by atoms with Crippen molar-refractivity contribution in [2.75, 3.05) is 0 Å². The molecule has 0 aliphatic rings. The van der Waals surface area contributed by atoms with E-state index in [0.717, 1.165) is 28.1 Å². The molecule has 1 aromatic carbocycles. The molecule has 0 spiro atoms. The van der Waals surface area contributed by atoms with E-state index in [9.17, 15) is 4.39 Å². The van der Waals surface area contributed by atoms with Crippen molar-refractivity contribution in [1.82, 2.24) is 4.98 Å². The average Bonchev–Trinajstić information content (AvgIpc) is 2.36. The van der Waals surface area contributed by atoms with Crippen LogP contribution in [0.15, 0.2) is 6.07 Å². The second-order valence-corrected chi connectivity index (χ2v) is 5.22. The first-order valence-corrected chi connectivity index (χ1v) is 6.46. The minimum absolute atomic E-state index is 0. The maximum Gasteiger partial charge on any atom is 0.0411 e. The monoisotopic (exact) mass is 449 g/mol. The van der Waals surface area contributed by atoms with Crippen molar-refractivity contribution in [2.45, 2.75) is 41.5 Å². The maximum absolute atomic E-state index is 13.5. The van der Waals surface area contributed by atoms with E-state index in [0.29, 0.717) is 5.56 Å². The van der Waals surface area contributed by atoms with E-state index in [-0.39, 0.29) is 25.9 Å². The fraction of sp³-hybridized carbons (Fsp3) is 0.353. The van der Waals surface area contributed by atoms with Crippen LogP contribution in [0.5, 0.6) is 0 Å². The van der Waals surface area contributed by atoms with Gasteiger partial charge in [-0.25, -0.2) is 0 Å². The van der Waals surface area contributed by atoms with Gasteiger partial charge in [0.15, 0.2) is 0 Å². The van der Waals surface area contributed by atoms with E-state index < -0.39 is 0 Å². The molecule has 0 amide bonds. The van der Waals surface area contributed by atoms with Crippen molar-refractivity contribution < 1.29 is 24.5 Å². The van der Waals surface area contributed by atoms with Crippen molar-refractivity contribution in [3.8, 4) is 11.3 Å². The summed E-state index contributed by atoms with van der Waals surface area (Å²) >= 11 is 0. The Morgan fingerprint density at radius 2 is 1.55 bits per heavy atom. The molecule has 0 saturated carbocycles. The smallest absolute Gasteiger partial charge is 0.0411 e. The Hall–Kier alpha value is -1.05. The minimum atomic E-state index is -0.209. The van der Waals surface area contributed by atoms with E-state index in [1.54, 1.807) is 13.0 Å². The summed E-state index contributed by atoms with van der Waals surface area (Å²) in [6.07, 6.45) is 0. The Bertz CT molecular complexity index is 663. The third-order valence-corrected chi connectivity index (χ3v) is 3.95. The maximum atomic E-state index is 13.5. The van der Waals surface area contributed by atoms with Crippen LogP contribution in [0.25, 0.3) is 11.3 Å². The Balaban J connectivity index is 0.00000200. The SMILES string of the molecule is Cc1[c-]c(-c2nc(C)c(C)c(C)c2C)c(C)cc1F.[Ir]. The molecule has 0 aliphatic heterocycles. The molecule has 1 aromatic heterocycles. The van der Waals surface area contributed by atoms with Gasteiger partial charge in [-0.15, -0.1) is 28.8 Å². The number of aryl methyl sites for hydroxylation is 3. The number of nitrogens with zero attached hydrogens (tertiary/aromatic N) is 1. The van der Waals surface area contributed by atoms with Crippen LogP contribution in [0.2, 0.25) is 0 Å². The Morgan fingerprint density at radius 1 is 0.950 bits per heavy atom. The summed E-state index contributed by atoms with van der Waals surface area (Å²) in [4.78, 5) is 4.68.